The van der Waals surface area contributed by atoms with Gasteiger partial charge in [-0.25, -0.2) is 4.98 Å². The summed E-state index contributed by atoms with van der Waals surface area (Å²) in [6.07, 6.45) is 1.21. The number of anilines is 1. The second-order valence-electron chi connectivity index (χ2n) is 6.72. The summed E-state index contributed by atoms with van der Waals surface area (Å²) in [5, 5.41) is 7.01. The number of halogens is 4. The Hall–Kier alpha value is 0.330. The number of hydrogen-bond donors (Lipinski definition) is 2. The van der Waals surface area contributed by atoms with Gasteiger partial charge in [-0.15, -0.1) is 0 Å². The Morgan fingerprint density at radius 1 is 1.04 bits per heavy atom. The van der Waals surface area contributed by atoms with Crippen LogP contribution in [-0.2, 0) is 0 Å². The summed E-state index contributed by atoms with van der Waals surface area (Å²) >= 11 is 14.7. The van der Waals surface area contributed by atoms with Crippen molar-refractivity contribution in [3.8, 4) is 0 Å². The van der Waals surface area contributed by atoms with Gasteiger partial charge in [0.1, 0.15) is 5.52 Å². The lowest BCUT2D eigenvalue weighted by Crippen LogP contribution is -2.32. The topological polar surface area (TPSA) is 45.1 Å². The third-order valence-electron chi connectivity index (χ3n) is 4.57. The third-order valence-corrected chi connectivity index (χ3v) is 9.29. The lowest BCUT2D eigenvalue weighted by molar-refractivity contribution is 0.303. The van der Waals surface area contributed by atoms with Crippen LogP contribution in [0, 0.1) is 0 Å². The molecule has 0 bridgehead atoms. The SMILES string of the molecule is CC(C)n1c(NCCN2CCCNCC2)nc2c(Br)c(Br)c(Br)c(Br)c21. The van der Waals surface area contributed by atoms with Crippen LogP contribution in [0.1, 0.15) is 26.3 Å². The van der Waals surface area contributed by atoms with Crippen LogP contribution in [0.2, 0.25) is 0 Å². The molecule has 26 heavy (non-hydrogen) atoms. The largest absolute Gasteiger partial charge is 0.354 e. The van der Waals surface area contributed by atoms with Crippen LogP contribution in [-0.4, -0.2) is 53.7 Å². The van der Waals surface area contributed by atoms with Gasteiger partial charge in [-0.2, -0.15) is 0 Å². The van der Waals surface area contributed by atoms with Crippen molar-refractivity contribution in [2.45, 2.75) is 26.3 Å². The van der Waals surface area contributed by atoms with E-state index in [1.54, 1.807) is 0 Å². The molecule has 0 aliphatic carbocycles. The maximum absolute atomic E-state index is 4.89. The van der Waals surface area contributed by atoms with Gasteiger partial charge in [-0.1, -0.05) is 0 Å². The minimum atomic E-state index is 0.293. The molecule has 1 fully saturated rings. The van der Waals surface area contributed by atoms with Crippen LogP contribution >= 0.6 is 63.7 Å². The first-order chi connectivity index (χ1) is 12.4. The summed E-state index contributed by atoms with van der Waals surface area (Å²) in [6, 6.07) is 0.293. The molecular formula is C17H23Br4N5. The fourth-order valence-corrected chi connectivity index (χ4v) is 5.63. The first-order valence-electron chi connectivity index (χ1n) is 8.82. The molecule has 2 N–H and O–H groups in total. The number of nitrogens with zero attached hydrogens (tertiary/aromatic N) is 3. The molecule has 9 heteroatoms. The summed E-state index contributed by atoms with van der Waals surface area (Å²) < 4.78 is 6.18. The van der Waals surface area contributed by atoms with E-state index in [2.05, 4.69) is 97.7 Å². The van der Waals surface area contributed by atoms with Crippen molar-refractivity contribution in [1.29, 1.82) is 0 Å². The lowest BCUT2D eigenvalue weighted by atomic mass is 10.3. The summed E-state index contributed by atoms with van der Waals surface area (Å²) in [7, 11) is 0. The van der Waals surface area contributed by atoms with Gasteiger partial charge >= 0.3 is 0 Å². The molecule has 1 aliphatic rings. The second-order valence-corrected chi connectivity index (χ2v) is 9.90. The zero-order valence-corrected chi connectivity index (χ0v) is 21.2. The van der Waals surface area contributed by atoms with Crippen molar-refractivity contribution in [3.63, 3.8) is 0 Å². The molecule has 0 radical (unpaired) electrons. The van der Waals surface area contributed by atoms with Gasteiger partial charge in [-0.3, -0.25) is 0 Å². The Balaban J connectivity index is 1.87. The summed E-state index contributed by atoms with van der Waals surface area (Å²) in [6.45, 7) is 10.7. The molecule has 1 saturated heterocycles. The molecule has 144 valence electrons. The Morgan fingerprint density at radius 3 is 2.50 bits per heavy atom. The zero-order valence-electron chi connectivity index (χ0n) is 14.9. The van der Waals surface area contributed by atoms with Crippen molar-refractivity contribution in [2.75, 3.05) is 44.6 Å². The van der Waals surface area contributed by atoms with Gasteiger partial charge < -0.3 is 20.1 Å². The molecular weight excluding hydrogens is 594 g/mol. The minimum Gasteiger partial charge on any atom is -0.354 e. The van der Waals surface area contributed by atoms with Gasteiger partial charge in [0.2, 0.25) is 5.95 Å². The highest BCUT2D eigenvalue weighted by Crippen LogP contribution is 2.44. The van der Waals surface area contributed by atoms with E-state index in [4.69, 9.17) is 4.98 Å². The van der Waals surface area contributed by atoms with E-state index in [9.17, 15) is 0 Å². The van der Waals surface area contributed by atoms with E-state index < -0.39 is 0 Å². The maximum atomic E-state index is 4.89. The Kier molecular flexibility index (Phi) is 7.46. The first-order valence-corrected chi connectivity index (χ1v) is 12.0. The van der Waals surface area contributed by atoms with Crippen molar-refractivity contribution in [1.82, 2.24) is 19.8 Å². The van der Waals surface area contributed by atoms with E-state index in [0.29, 0.717) is 6.04 Å². The van der Waals surface area contributed by atoms with Crippen LogP contribution in [0.4, 0.5) is 5.95 Å². The van der Waals surface area contributed by atoms with Gasteiger partial charge in [0.15, 0.2) is 0 Å². The normalized spacial score (nSPS) is 16.4. The molecule has 5 nitrogen and oxygen atoms in total. The van der Waals surface area contributed by atoms with E-state index in [0.717, 1.165) is 74.1 Å². The van der Waals surface area contributed by atoms with Gasteiger partial charge in [0, 0.05) is 41.2 Å². The minimum absolute atomic E-state index is 0.293. The van der Waals surface area contributed by atoms with E-state index in [1.165, 1.54) is 6.42 Å². The predicted octanol–water partition coefficient (Wildman–Crippen LogP) is 5.37. The molecule has 1 aromatic heterocycles. The third kappa shape index (κ3) is 4.33. The van der Waals surface area contributed by atoms with E-state index >= 15 is 0 Å². The van der Waals surface area contributed by atoms with Gasteiger partial charge in [-0.05, 0) is 97.1 Å². The number of nitrogens with one attached hydrogen (secondary N) is 2. The van der Waals surface area contributed by atoms with Crippen LogP contribution in [0.25, 0.3) is 11.0 Å². The number of rotatable bonds is 5. The molecule has 2 heterocycles. The predicted molar refractivity (Wildman–Crippen MR) is 123 cm³/mol. The second kappa shape index (κ2) is 9.22. The highest BCUT2D eigenvalue weighted by molar-refractivity contribution is 9.15. The quantitative estimate of drug-likeness (QED) is 0.350. The highest BCUT2D eigenvalue weighted by atomic mass is 79.9. The Bertz CT molecular complexity index is 782. The van der Waals surface area contributed by atoms with Crippen LogP contribution in [0.15, 0.2) is 17.9 Å². The molecule has 2 aromatic rings. The van der Waals surface area contributed by atoms with Gasteiger partial charge in [0.25, 0.3) is 0 Å². The smallest absolute Gasteiger partial charge is 0.204 e. The van der Waals surface area contributed by atoms with E-state index in [-0.39, 0.29) is 0 Å². The van der Waals surface area contributed by atoms with Crippen LogP contribution < -0.4 is 10.6 Å². The van der Waals surface area contributed by atoms with Crippen molar-refractivity contribution in [3.05, 3.63) is 17.9 Å². The Morgan fingerprint density at radius 2 is 1.77 bits per heavy atom. The Labute approximate surface area is 188 Å². The van der Waals surface area contributed by atoms with Crippen LogP contribution in [0.3, 0.4) is 0 Å². The van der Waals surface area contributed by atoms with Crippen molar-refractivity contribution in [2.24, 2.45) is 0 Å². The number of benzene rings is 1. The maximum Gasteiger partial charge on any atom is 0.204 e. The van der Waals surface area contributed by atoms with E-state index in [1.807, 2.05) is 0 Å². The molecule has 0 spiro atoms. The monoisotopic (exact) mass is 613 g/mol. The standard InChI is InChI=1S/C17H23Br4N5/c1-10(2)26-16-14(21)12(19)11(18)13(20)15(16)24-17(26)23-6-9-25-7-3-4-22-5-8-25/h10,22H,3-9H2,1-2H3,(H,23,24). The molecule has 1 aromatic carbocycles. The van der Waals surface area contributed by atoms with Crippen molar-refractivity contribution < 1.29 is 0 Å². The van der Waals surface area contributed by atoms with Crippen LogP contribution in [0.5, 0.6) is 0 Å². The molecule has 0 saturated carbocycles. The van der Waals surface area contributed by atoms with Crippen molar-refractivity contribution >= 4 is 80.7 Å². The lowest BCUT2D eigenvalue weighted by Gasteiger charge is -2.20. The number of fused-ring (bicyclic) bond motifs is 1. The molecule has 0 unspecified atom stereocenters. The molecule has 3 rings (SSSR count). The summed E-state index contributed by atoms with van der Waals surface area (Å²) in [4.78, 5) is 7.40. The molecule has 0 atom stereocenters. The number of aromatic nitrogens is 2. The summed E-state index contributed by atoms with van der Waals surface area (Å²) in [5.74, 6) is 0.911. The fraction of sp³-hybridized carbons (Fsp3) is 0.588. The zero-order chi connectivity index (χ0) is 18.8. The average Bonchev–Trinajstić information content (AvgIpc) is 2.80. The fourth-order valence-electron chi connectivity index (χ4n) is 3.27. The summed E-state index contributed by atoms with van der Waals surface area (Å²) in [5.41, 5.74) is 2.03. The number of imidazole rings is 1. The highest BCUT2D eigenvalue weighted by Gasteiger charge is 2.22. The molecule has 1 aliphatic heterocycles. The van der Waals surface area contributed by atoms with Gasteiger partial charge in [0.05, 0.1) is 14.5 Å². The average molecular weight is 617 g/mol. The first kappa shape index (κ1) is 21.0. The number of hydrogen-bond acceptors (Lipinski definition) is 4. The molecule has 0 amide bonds.